The smallest absolute Gasteiger partial charge is 0.356 e. The van der Waals surface area contributed by atoms with Crippen molar-refractivity contribution in [1.82, 2.24) is 24.5 Å². The number of hydrogen-bond acceptors (Lipinski definition) is 8. The number of nitrogens with two attached hydrogens (primary N) is 1. The van der Waals surface area contributed by atoms with Crippen molar-refractivity contribution in [3.63, 3.8) is 0 Å². The molecule has 1 fully saturated rings. The summed E-state index contributed by atoms with van der Waals surface area (Å²) >= 11 is 0. The first kappa shape index (κ1) is 23.0. The average Bonchev–Trinajstić information content (AvgIpc) is 3.28. The summed E-state index contributed by atoms with van der Waals surface area (Å²) in [6, 6.07) is 13.5. The van der Waals surface area contributed by atoms with Gasteiger partial charge >= 0.3 is 5.97 Å². The van der Waals surface area contributed by atoms with Crippen LogP contribution in [0.3, 0.4) is 0 Å². The molecule has 178 valence electrons. The van der Waals surface area contributed by atoms with Crippen molar-refractivity contribution in [2.24, 2.45) is 5.90 Å². The van der Waals surface area contributed by atoms with Crippen molar-refractivity contribution in [1.29, 1.82) is 0 Å². The number of pyridine rings is 1. The summed E-state index contributed by atoms with van der Waals surface area (Å²) < 4.78 is 1.88. The lowest BCUT2D eigenvalue weighted by Crippen LogP contribution is -2.34. The number of piperidine rings is 1. The second kappa shape index (κ2) is 10.2. The van der Waals surface area contributed by atoms with E-state index in [1.165, 1.54) is 0 Å². The topological polar surface area (TPSA) is 111 Å². The highest BCUT2D eigenvalue weighted by molar-refractivity contribution is 6.36. The van der Waals surface area contributed by atoms with Crippen LogP contribution < -0.4 is 16.7 Å². The second-order valence-electron chi connectivity index (χ2n) is 9.02. The Bertz CT molecular complexity index is 1310. The molecule has 9 nitrogen and oxygen atoms in total. The van der Waals surface area contributed by atoms with Crippen LogP contribution in [0.1, 0.15) is 45.9 Å². The van der Waals surface area contributed by atoms with Gasteiger partial charge in [0.15, 0.2) is 5.65 Å². The van der Waals surface area contributed by atoms with Gasteiger partial charge in [-0.3, -0.25) is 9.88 Å². The maximum absolute atomic E-state index is 11.6. The number of nitrogens with one attached hydrogen (secondary N) is 1. The molecule has 0 bridgehead atoms. The third-order valence-electron chi connectivity index (χ3n) is 6.49. The molecule has 3 aromatic heterocycles. The molecule has 1 saturated heterocycles. The molecular weight excluding hydrogens is 441 g/mol. The Hall–Kier alpha value is -3.76. The van der Waals surface area contributed by atoms with E-state index < -0.39 is 5.97 Å². The molecule has 0 radical (unpaired) electrons. The number of aromatic nitrogens is 4. The van der Waals surface area contributed by atoms with E-state index in [0.29, 0.717) is 18.0 Å². The fourth-order valence-corrected chi connectivity index (χ4v) is 4.63. The van der Waals surface area contributed by atoms with Crippen molar-refractivity contribution in [2.75, 3.05) is 18.4 Å². The number of benzene rings is 1. The van der Waals surface area contributed by atoms with E-state index in [4.69, 9.17) is 10.9 Å². The molecule has 35 heavy (non-hydrogen) atoms. The number of carbonyl (C=O) groups is 1. The molecule has 10 heteroatoms. The number of hydrogen-bond donors (Lipinski definition) is 2. The molecule has 0 saturated carbocycles. The molecule has 1 aromatic carbocycles. The number of carbonyl (C=O) groups excluding carboxylic acids is 1. The summed E-state index contributed by atoms with van der Waals surface area (Å²) in [4.78, 5) is 27.6. The summed E-state index contributed by atoms with van der Waals surface area (Å²) in [6.45, 7) is 3.43. The van der Waals surface area contributed by atoms with Gasteiger partial charge < -0.3 is 10.2 Å². The maximum atomic E-state index is 11.6. The van der Waals surface area contributed by atoms with Gasteiger partial charge in [0, 0.05) is 50.2 Å². The van der Waals surface area contributed by atoms with Crippen LogP contribution >= 0.6 is 0 Å². The Morgan fingerprint density at radius 3 is 2.83 bits per heavy atom. The number of likely N-dealkylation sites (tertiary alicyclic amines) is 1. The highest BCUT2D eigenvalue weighted by atomic mass is 16.7. The predicted molar refractivity (Wildman–Crippen MR) is 136 cm³/mol. The maximum Gasteiger partial charge on any atom is 0.356 e. The fourth-order valence-electron chi connectivity index (χ4n) is 4.63. The van der Waals surface area contributed by atoms with Crippen LogP contribution in [0.25, 0.3) is 5.65 Å². The predicted octanol–water partition coefficient (Wildman–Crippen LogP) is 1.40. The third-order valence-corrected chi connectivity index (χ3v) is 6.49. The molecule has 5 rings (SSSR count). The molecule has 1 atom stereocenters. The number of rotatable bonds is 7. The van der Waals surface area contributed by atoms with Gasteiger partial charge in [-0.15, -0.1) is 0 Å². The van der Waals surface area contributed by atoms with Gasteiger partial charge in [-0.05, 0) is 54.2 Å². The summed E-state index contributed by atoms with van der Waals surface area (Å²) in [5.74, 6) is 5.71. The molecule has 1 unspecified atom stereocenters. The lowest BCUT2D eigenvalue weighted by molar-refractivity contribution is 0.0503. The monoisotopic (exact) mass is 469 g/mol. The minimum absolute atomic E-state index is 0.327. The largest absolute Gasteiger partial charge is 0.370 e. The van der Waals surface area contributed by atoms with Crippen molar-refractivity contribution >= 4 is 30.7 Å². The van der Waals surface area contributed by atoms with Crippen molar-refractivity contribution in [3.05, 3.63) is 83.4 Å². The molecule has 4 aromatic rings. The van der Waals surface area contributed by atoms with Crippen LogP contribution in [0.4, 0.5) is 5.82 Å². The molecular formula is C25H28BN7O2. The third kappa shape index (κ3) is 5.18. The van der Waals surface area contributed by atoms with Gasteiger partial charge in [0.2, 0.25) is 0 Å². The number of anilines is 1. The molecule has 1 aliphatic rings. The van der Waals surface area contributed by atoms with Gasteiger partial charge in [0.25, 0.3) is 0 Å². The minimum Gasteiger partial charge on any atom is -0.370 e. The van der Waals surface area contributed by atoms with Crippen LogP contribution in [0.15, 0.2) is 61.1 Å². The summed E-state index contributed by atoms with van der Waals surface area (Å²) in [6.07, 6.45) is 7.70. The first-order valence-corrected chi connectivity index (χ1v) is 11.8. The Balaban J connectivity index is 1.33. The average molecular weight is 469 g/mol. The standard InChI is InChI=1S/C25H28BN7O2/c26-21-14-30-33-23(29-13-18-3-1-9-28-12-18)11-22(31-24(21)33)20-4-2-10-32(16-20)15-17-5-7-19(8-6-17)25(34)35-27/h1,3,5-9,11-12,14,20,29H,2,4,10,13,15-16,26-27H2. The second-order valence-corrected chi connectivity index (χ2v) is 9.02. The molecule has 4 heterocycles. The number of nitrogens with zero attached hydrogens (tertiary/aromatic N) is 5. The van der Waals surface area contributed by atoms with E-state index in [1.54, 1.807) is 18.3 Å². The highest BCUT2D eigenvalue weighted by Gasteiger charge is 2.24. The van der Waals surface area contributed by atoms with E-state index in [0.717, 1.165) is 66.2 Å². The summed E-state index contributed by atoms with van der Waals surface area (Å²) in [7, 11) is 2.04. The summed E-state index contributed by atoms with van der Waals surface area (Å²) in [5, 5.41) is 8.07. The van der Waals surface area contributed by atoms with E-state index in [-0.39, 0.29) is 0 Å². The Kier molecular flexibility index (Phi) is 6.74. The number of fused-ring (bicyclic) bond motifs is 1. The van der Waals surface area contributed by atoms with Gasteiger partial charge in [0.05, 0.1) is 11.3 Å². The Labute approximate surface area is 204 Å². The van der Waals surface area contributed by atoms with Gasteiger partial charge in [0.1, 0.15) is 13.7 Å². The van der Waals surface area contributed by atoms with Crippen LogP contribution in [-0.2, 0) is 17.9 Å². The molecule has 1 aliphatic heterocycles. The van der Waals surface area contributed by atoms with Crippen molar-refractivity contribution in [2.45, 2.75) is 31.8 Å². The van der Waals surface area contributed by atoms with Gasteiger partial charge in [-0.25, -0.2) is 9.78 Å². The first-order valence-electron chi connectivity index (χ1n) is 11.8. The van der Waals surface area contributed by atoms with E-state index in [9.17, 15) is 4.79 Å². The zero-order valence-corrected chi connectivity index (χ0v) is 19.7. The molecule has 0 amide bonds. The van der Waals surface area contributed by atoms with E-state index in [2.05, 4.69) is 37.3 Å². The van der Waals surface area contributed by atoms with Crippen LogP contribution in [0.2, 0.25) is 0 Å². The lowest BCUT2D eigenvalue weighted by atomic mass is 9.93. The van der Waals surface area contributed by atoms with Gasteiger partial charge in [-0.2, -0.15) is 15.5 Å². The Morgan fingerprint density at radius 1 is 1.20 bits per heavy atom. The first-order chi connectivity index (χ1) is 17.1. The zero-order valence-electron chi connectivity index (χ0n) is 19.7. The normalized spacial score (nSPS) is 16.3. The summed E-state index contributed by atoms with van der Waals surface area (Å²) in [5.41, 5.74) is 5.73. The molecule has 0 aliphatic carbocycles. The quantitative estimate of drug-likeness (QED) is 0.309. The highest BCUT2D eigenvalue weighted by Crippen LogP contribution is 2.28. The van der Waals surface area contributed by atoms with Crippen molar-refractivity contribution < 1.29 is 9.63 Å². The lowest BCUT2D eigenvalue weighted by Gasteiger charge is -2.32. The van der Waals surface area contributed by atoms with E-state index in [1.807, 2.05) is 43.0 Å². The van der Waals surface area contributed by atoms with Crippen LogP contribution in [0, 0.1) is 0 Å². The molecule has 0 spiro atoms. The van der Waals surface area contributed by atoms with Crippen LogP contribution in [-0.4, -0.2) is 51.4 Å². The zero-order chi connectivity index (χ0) is 24.2. The van der Waals surface area contributed by atoms with E-state index >= 15 is 0 Å². The molecule has 3 N–H and O–H groups in total. The van der Waals surface area contributed by atoms with Gasteiger partial charge in [-0.1, -0.05) is 18.2 Å². The minimum atomic E-state index is -0.529. The van der Waals surface area contributed by atoms with Crippen LogP contribution in [0.5, 0.6) is 0 Å². The fraction of sp³-hybridized carbons (Fsp3) is 0.280. The van der Waals surface area contributed by atoms with Crippen molar-refractivity contribution in [3.8, 4) is 0 Å². The SMILES string of the molecule is Bc1cnn2c(NCc3cccnc3)cc(C3CCCN(Cc4ccc(C(=O)ON)cc4)C3)nc12. The Morgan fingerprint density at radius 2 is 2.06 bits per heavy atom.